The van der Waals surface area contributed by atoms with Crippen LogP contribution in [0.3, 0.4) is 0 Å². The Morgan fingerprint density at radius 3 is 1.02 bits per heavy atom. The third kappa shape index (κ3) is 9.88. The van der Waals surface area contributed by atoms with Gasteiger partial charge in [-0.3, -0.25) is 0 Å². The molecular formula is C85H62. The number of hydrogen-bond donors (Lipinski definition) is 0. The number of hydrogen-bond acceptors (Lipinski definition) is 0. The van der Waals surface area contributed by atoms with E-state index < -0.39 is 10.8 Å². The largest absolute Gasteiger partial charge is 0.0713 e. The van der Waals surface area contributed by atoms with Crippen molar-refractivity contribution in [2.45, 2.75) is 17.8 Å². The first-order valence-electron chi connectivity index (χ1n) is 29.5. The fourth-order valence-corrected chi connectivity index (χ4v) is 13.3. The van der Waals surface area contributed by atoms with Gasteiger partial charge in [0.1, 0.15) is 0 Å². The quantitative estimate of drug-likeness (QED) is 0.0752. The van der Waals surface area contributed by atoms with Crippen LogP contribution in [0.4, 0.5) is 0 Å². The molecule has 0 heteroatoms. The third-order valence-electron chi connectivity index (χ3n) is 17.6. The normalized spacial score (nSPS) is 12.2. The standard InChI is InChI=1S/C85H62/c1-84(72-34-18-6-19-35-72,73-36-20-7-21-37-73)81-59-70(51-54-76(81)69-45-42-61(43-46-69)56-79(65-26-10-2-11-27-65)66-28-12-3-13-29-66)63-47-49-64(50-48-63)71-52-55-78-77-53-44-62(57-80(67-30-14-4-15-31-67)68-32-16-5-17-33-68)58-82(77)85(83(78)60-71,74-38-22-8-23-39-74)75-40-24-9-25-41-75/h2-60H,1H3. The molecule has 0 nitrogen and oxygen atoms in total. The van der Waals surface area contributed by atoms with Crippen LogP contribution in [0.15, 0.2) is 346 Å². The maximum atomic E-state index is 2.47. The third-order valence-corrected chi connectivity index (χ3v) is 17.6. The van der Waals surface area contributed by atoms with Gasteiger partial charge in [-0.25, -0.2) is 0 Å². The Morgan fingerprint density at radius 2 is 0.588 bits per heavy atom. The average Bonchev–Trinajstić information content (AvgIpc) is 1.82. The van der Waals surface area contributed by atoms with E-state index >= 15 is 0 Å². The predicted molar refractivity (Wildman–Crippen MR) is 358 cm³/mol. The molecule has 1 aliphatic carbocycles. The molecule has 0 heterocycles. The van der Waals surface area contributed by atoms with Gasteiger partial charge in [0.25, 0.3) is 0 Å². The molecule has 0 radical (unpaired) electrons. The zero-order chi connectivity index (χ0) is 57.0. The second kappa shape index (κ2) is 22.9. The molecule has 0 N–H and O–H groups in total. The van der Waals surface area contributed by atoms with E-state index in [1.807, 2.05) is 0 Å². The van der Waals surface area contributed by atoms with Crippen LogP contribution in [0.5, 0.6) is 0 Å². The zero-order valence-corrected chi connectivity index (χ0v) is 47.6. The van der Waals surface area contributed by atoms with E-state index in [0.29, 0.717) is 0 Å². The highest BCUT2D eigenvalue weighted by atomic mass is 14.5. The molecule has 14 rings (SSSR count). The fourth-order valence-electron chi connectivity index (χ4n) is 13.3. The highest BCUT2D eigenvalue weighted by Crippen LogP contribution is 2.57. The Balaban J connectivity index is 0.872. The summed E-state index contributed by atoms with van der Waals surface area (Å²) in [6.07, 6.45) is 4.68. The lowest BCUT2D eigenvalue weighted by atomic mass is 9.67. The summed E-state index contributed by atoms with van der Waals surface area (Å²) in [5.41, 5.74) is 26.7. The first-order valence-corrected chi connectivity index (χ1v) is 29.5. The van der Waals surface area contributed by atoms with Crippen molar-refractivity contribution < 1.29 is 0 Å². The SMILES string of the molecule is CC(c1ccccc1)(c1ccccc1)c1cc(-c2ccc(-c3ccc4c(c3)C(c3ccccc3)(c3ccccc3)c3cc(C=C(c5ccccc5)c5ccccc5)ccc3-4)cc2)ccc1-c1ccc(C=C(c2ccccc2)c2ccccc2)cc1. The molecule has 85 heavy (non-hydrogen) atoms. The molecule has 13 aromatic carbocycles. The van der Waals surface area contributed by atoms with Crippen LogP contribution < -0.4 is 0 Å². The predicted octanol–water partition coefficient (Wildman–Crippen LogP) is 21.6. The first-order chi connectivity index (χ1) is 42.0. The van der Waals surface area contributed by atoms with Gasteiger partial charge in [0.05, 0.1) is 5.41 Å². The molecule has 0 spiro atoms. The maximum Gasteiger partial charge on any atom is 0.0713 e. The molecule has 13 aromatic rings. The molecule has 0 aromatic heterocycles. The van der Waals surface area contributed by atoms with Gasteiger partial charge >= 0.3 is 0 Å². The molecule has 402 valence electrons. The van der Waals surface area contributed by atoms with Crippen molar-refractivity contribution in [2.75, 3.05) is 0 Å². The monoisotopic (exact) mass is 1080 g/mol. The second-order valence-electron chi connectivity index (χ2n) is 22.4. The molecule has 0 fully saturated rings. The molecule has 1 aliphatic rings. The fraction of sp³-hybridized carbons (Fsp3) is 0.0353. The maximum absolute atomic E-state index is 2.47. The van der Waals surface area contributed by atoms with Gasteiger partial charge in [-0.2, -0.15) is 0 Å². The van der Waals surface area contributed by atoms with E-state index in [1.165, 1.54) is 111 Å². The summed E-state index contributed by atoms with van der Waals surface area (Å²) in [5, 5.41) is 0. The van der Waals surface area contributed by atoms with Crippen molar-refractivity contribution in [3.05, 3.63) is 418 Å². The van der Waals surface area contributed by atoms with Crippen LogP contribution in [0.1, 0.15) is 79.2 Å². The Bertz CT molecular complexity index is 4330. The van der Waals surface area contributed by atoms with E-state index in [0.717, 1.165) is 16.7 Å². The summed E-state index contributed by atoms with van der Waals surface area (Å²) in [4.78, 5) is 0. The molecule has 0 atom stereocenters. The van der Waals surface area contributed by atoms with E-state index in [4.69, 9.17) is 0 Å². The summed E-state index contributed by atoms with van der Waals surface area (Å²) in [6, 6.07) is 127. The van der Waals surface area contributed by atoms with E-state index in [2.05, 4.69) is 365 Å². The van der Waals surface area contributed by atoms with Crippen LogP contribution in [-0.4, -0.2) is 0 Å². The number of rotatable bonds is 14. The Hall–Kier alpha value is -10.7. The van der Waals surface area contributed by atoms with Gasteiger partial charge < -0.3 is 0 Å². The van der Waals surface area contributed by atoms with Gasteiger partial charge in [0.15, 0.2) is 0 Å². The highest BCUT2D eigenvalue weighted by Gasteiger charge is 2.46. The van der Waals surface area contributed by atoms with E-state index in [1.54, 1.807) is 0 Å². The lowest BCUT2D eigenvalue weighted by molar-refractivity contribution is 0.695. The molecular weight excluding hydrogens is 1020 g/mol. The molecule has 0 unspecified atom stereocenters. The smallest absolute Gasteiger partial charge is 0.0622 e. The van der Waals surface area contributed by atoms with Gasteiger partial charge in [-0.1, -0.05) is 328 Å². The minimum absolute atomic E-state index is 0.491. The van der Waals surface area contributed by atoms with Gasteiger partial charge in [0.2, 0.25) is 0 Å². The summed E-state index contributed by atoms with van der Waals surface area (Å²) >= 11 is 0. The van der Waals surface area contributed by atoms with E-state index in [-0.39, 0.29) is 0 Å². The van der Waals surface area contributed by atoms with Crippen molar-refractivity contribution in [2.24, 2.45) is 0 Å². The van der Waals surface area contributed by atoms with E-state index in [9.17, 15) is 0 Å². The summed E-state index contributed by atoms with van der Waals surface area (Å²) < 4.78 is 0. The van der Waals surface area contributed by atoms with Crippen LogP contribution in [0, 0.1) is 0 Å². The van der Waals surface area contributed by atoms with Gasteiger partial charge in [-0.05, 0) is 165 Å². The topological polar surface area (TPSA) is 0 Å². The second-order valence-corrected chi connectivity index (χ2v) is 22.4. The van der Waals surface area contributed by atoms with Crippen molar-refractivity contribution in [1.29, 1.82) is 0 Å². The van der Waals surface area contributed by atoms with Crippen molar-refractivity contribution >= 4 is 23.3 Å². The number of benzene rings is 13. The minimum atomic E-state index is -0.584. The average molecular weight is 1080 g/mol. The first kappa shape index (κ1) is 52.4. The summed E-state index contributed by atoms with van der Waals surface area (Å²) in [7, 11) is 0. The van der Waals surface area contributed by atoms with Crippen LogP contribution >= 0.6 is 0 Å². The summed E-state index contributed by atoms with van der Waals surface area (Å²) in [6.45, 7) is 2.40. The Morgan fingerprint density at radius 1 is 0.271 bits per heavy atom. The van der Waals surface area contributed by atoms with Crippen molar-refractivity contribution in [1.82, 2.24) is 0 Å². The molecule has 0 saturated heterocycles. The van der Waals surface area contributed by atoms with Crippen LogP contribution in [0.2, 0.25) is 0 Å². The number of fused-ring (bicyclic) bond motifs is 3. The minimum Gasteiger partial charge on any atom is -0.0622 e. The van der Waals surface area contributed by atoms with Gasteiger partial charge in [0, 0.05) is 5.41 Å². The molecule has 0 aliphatic heterocycles. The lowest BCUT2D eigenvalue weighted by Gasteiger charge is -2.34. The lowest BCUT2D eigenvalue weighted by Crippen LogP contribution is -2.28. The highest BCUT2D eigenvalue weighted by molar-refractivity contribution is 5.95. The molecule has 0 amide bonds. The van der Waals surface area contributed by atoms with Gasteiger partial charge in [-0.15, -0.1) is 0 Å². The Labute approximate surface area is 500 Å². The summed E-state index contributed by atoms with van der Waals surface area (Å²) in [5.74, 6) is 0. The van der Waals surface area contributed by atoms with Crippen LogP contribution in [-0.2, 0) is 10.8 Å². The zero-order valence-electron chi connectivity index (χ0n) is 47.6. The van der Waals surface area contributed by atoms with Crippen molar-refractivity contribution in [3.63, 3.8) is 0 Å². The molecule has 0 bridgehead atoms. The Kier molecular flexibility index (Phi) is 14.1. The molecule has 0 saturated carbocycles. The van der Waals surface area contributed by atoms with Crippen LogP contribution in [0.25, 0.3) is 67.8 Å². The van der Waals surface area contributed by atoms with Crippen molar-refractivity contribution in [3.8, 4) is 44.5 Å².